The number of pyridine rings is 1. The van der Waals surface area contributed by atoms with Crippen LogP contribution in [0.3, 0.4) is 0 Å². The summed E-state index contributed by atoms with van der Waals surface area (Å²) in [4.78, 5) is 26.5. The summed E-state index contributed by atoms with van der Waals surface area (Å²) >= 11 is 0. The molecule has 0 bridgehead atoms. The molecular formula is C14H22N4O3. The van der Waals surface area contributed by atoms with Gasteiger partial charge in [-0.25, -0.2) is 4.98 Å². The third-order valence-electron chi connectivity index (χ3n) is 3.36. The first-order chi connectivity index (χ1) is 9.80. The van der Waals surface area contributed by atoms with Gasteiger partial charge in [-0.15, -0.1) is 0 Å². The Morgan fingerprint density at radius 2 is 2.10 bits per heavy atom. The molecule has 0 aliphatic heterocycles. The third kappa shape index (κ3) is 4.70. The molecule has 0 unspecified atom stereocenters. The highest BCUT2D eigenvalue weighted by Gasteiger charge is 2.21. The number of aromatic nitrogens is 1. The lowest BCUT2D eigenvalue weighted by molar-refractivity contribution is -0.385. The summed E-state index contributed by atoms with van der Waals surface area (Å²) in [7, 11) is 0. The van der Waals surface area contributed by atoms with Gasteiger partial charge in [0.2, 0.25) is 0 Å². The standard InChI is InChI=1S/C14H22N4O3/c1-5-14(3,4)9-17-13(19)11-7-10(18(20)21)8-16-12(11)15-6-2/h7-8H,5-6,9H2,1-4H3,(H,15,16)(H,17,19). The van der Waals surface area contributed by atoms with Crippen molar-refractivity contribution in [3.63, 3.8) is 0 Å². The van der Waals surface area contributed by atoms with Crippen molar-refractivity contribution in [2.24, 2.45) is 5.41 Å². The van der Waals surface area contributed by atoms with E-state index in [1.54, 1.807) is 0 Å². The Morgan fingerprint density at radius 1 is 1.43 bits per heavy atom. The Balaban J connectivity index is 2.99. The number of amides is 1. The molecule has 2 N–H and O–H groups in total. The van der Waals surface area contributed by atoms with E-state index in [1.807, 2.05) is 27.7 Å². The van der Waals surface area contributed by atoms with Gasteiger partial charge < -0.3 is 10.6 Å². The number of nitrogens with one attached hydrogen (secondary N) is 2. The van der Waals surface area contributed by atoms with E-state index in [0.717, 1.165) is 12.6 Å². The quantitative estimate of drug-likeness (QED) is 0.595. The SMILES string of the molecule is CCNc1ncc([N+](=O)[O-])cc1C(=O)NCC(C)(C)CC. The molecule has 1 aromatic rings. The highest BCUT2D eigenvalue weighted by atomic mass is 16.6. The van der Waals surface area contributed by atoms with Crippen LogP contribution in [0, 0.1) is 15.5 Å². The van der Waals surface area contributed by atoms with Crippen LogP contribution in [0.5, 0.6) is 0 Å². The molecule has 1 aromatic heterocycles. The number of nitro groups is 1. The molecule has 0 radical (unpaired) electrons. The van der Waals surface area contributed by atoms with E-state index < -0.39 is 4.92 Å². The van der Waals surface area contributed by atoms with Crippen LogP contribution in [0.25, 0.3) is 0 Å². The summed E-state index contributed by atoms with van der Waals surface area (Å²) in [5.74, 6) is -0.00132. The van der Waals surface area contributed by atoms with E-state index in [4.69, 9.17) is 0 Å². The predicted molar refractivity (Wildman–Crippen MR) is 81.5 cm³/mol. The minimum atomic E-state index is -0.560. The van der Waals surface area contributed by atoms with Gasteiger partial charge in [0.05, 0.1) is 10.5 Å². The summed E-state index contributed by atoms with van der Waals surface area (Å²) in [5, 5.41) is 16.6. The normalized spacial score (nSPS) is 11.0. The number of hydrogen-bond donors (Lipinski definition) is 2. The summed E-state index contributed by atoms with van der Waals surface area (Å²) in [5.41, 5.74) is -0.0307. The average Bonchev–Trinajstić information content (AvgIpc) is 2.45. The molecule has 0 aromatic carbocycles. The summed E-state index contributed by atoms with van der Waals surface area (Å²) < 4.78 is 0. The zero-order valence-electron chi connectivity index (χ0n) is 12.9. The third-order valence-corrected chi connectivity index (χ3v) is 3.36. The van der Waals surface area contributed by atoms with E-state index >= 15 is 0 Å². The van der Waals surface area contributed by atoms with Crippen LogP contribution >= 0.6 is 0 Å². The van der Waals surface area contributed by atoms with Crippen LogP contribution in [0.15, 0.2) is 12.3 Å². The van der Waals surface area contributed by atoms with Gasteiger partial charge in [0.1, 0.15) is 12.0 Å². The highest BCUT2D eigenvalue weighted by Crippen LogP contribution is 2.21. The maximum Gasteiger partial charge on any atom is 0.288 e. The number of anilines is 1. The van der Waals surface area contributed by atoms with Gasteiger partial charge in [-0.2, -0.15) is 0 Å². The molecule has 1 rings (SSSR count). The molecule has 0 aliphatic carbocycles. The second kappa shape index (κ2) is 7.01. The Hall–Kier alpha value is -2.18. The number of hydrogen-bond acceptors (Lipinski definition) is 5. The van der Waals surface area contributed by atoms with Crippen molar-refractivity contribution >= 4 is 17.4 Å². The molecule has 7 heteroatoms. The average molecular weight is 294 g/mol. The van der Waals surface area contributed by atoms with Gasteiger partial charge >= 0.3 is 0 Å². The maximum absolute atomic E-state index is 12.3. The number of carbonyl (C=O) groups is 1. The lowest BCUT2D eigenvalue weighted by Gasteiger charge is -2.23. The van der Waals surface area contributed by atoms with Crippen molar-refractivity contribution in [1.29, 1.82) is 0 Å². The van der Waals surface area contributed by atoms with E-state index in [-0.39, 0.29) is 22.6 Å². The fourth-order valence-corrected chi connectivity index (χ4v) is 1.57. The first-order valence-corrected chi connectivity index (χ1v) is 6.97. The fraction of sp³-hybridized carbons (Fsp3) is 0.571. The molecule has 1 amide bonds. The smallest absolute Gasteiger partial charge is 0.288 e. The zero-order valence-corrected chi connectivity index (χ0v) is 12.9. The van der Waals surface area contributed by atoms with Crippen LogP contribution in [-0.2, 0) is 0 Å². The lowest BCUT2D eigenvalue weighted by atomic mass is 9.90. The first-order valence-electron chi connectivity index (χ1n) is 6.97. The topological polar surface area (TPSA) is 97.2 Å². The molecule has 0 saturated carbocycles. The van der Waals surface area contributed by atoms with E-state index in [2.05, 4.69) is 15.6 Å². The molecule has 21 heavy (non-hydrogen) atoms. The van der Waals surface area contributed by atoms with E-state index in [9.17, 15) is 14.9 Å². The predicted octanol–water partition coefficient (Wildman–Crippen LogP) is 2.59. The van der Waals surface area contributed by atoms with Crippen molar-refractivity contribution < 1.29 is 9.72 Å². The monoisotopic (exact) mass is 294 g/mol. The van der Waals surface area contributed by atoms with E-state index in [1.165, 1.54) is 6.07 Å². The molecule has 0 spiro atoms. The molecule has 0 atom stereocenters. The molecule has 0 aliphatic rings. The van der Waals surface area contributed by atoms with Crippen LogP contribution < -0.4 is 10.6 Å². The number of carbonyl (C=O) groups excluding carboxylic acids is 1. The first kappa shape index (κ1) is 16.9. The summed E-state index contributed by atoms with van der Waals surface area (Å²) in [6, 6.07) is 1.25. The largest absolute Gasteiger partial charge is 0.370 e. The van der Waals surface area contributed by atoms with Gasteiger partial charge in [-0.1, -0.05) is 20.8 Å². The fourth-order valence-electron chi connectivity index (χ4n) is 1.57. The molecule has 0 saturated heterocycles. The van der Waals surface area contributed by atoms with Gasteiger partial charge in [0.15, 0.2) is 0 Å². The van der Waals surface area contributed by atoms with Crippen molar-refractivity contribution in [1.82, 2.24) is 10.3 Å². The van der Waals surface area contributed by atoms with Crippen molar-refractivity contribution in [2.45, 2.75) is 34.1 Å². The maximum atomic E-state index is 12.3. The summed E-state index contributed by atoms with van der Waals surface area (Å²) in [6.45, 7) is 9.08. The second-order valence-electron chi connectivity index (χ2n) is 5.58. The molecule has 0 fully saturated rings. The van der Waals surface area contributed by atoms with Crippen molar-refractivity contribution in [2.75, 3.05) is 18.4 Å². The second-order valence-corrected chi connectivity index (χ2v) is 5.58. The van der Waals surface area contributed by atoms with Gasteiger partial charge in [-0.3, -0.25) is 14.9 Å². The van der Waals surface area contributed by atoms with Crippen molar-refractivity contribution in [3.05, 3.63) is 27.9 Å². The molecule has 116 valence electrons. The summed E-state index contributed by atoms with van der Waals surface area (Å²) in [6.07, 6.45) is 2.06. The minimum Gasteiger partial charge on any atom is -0.370 e. The van der Waals surface area contributed by atoms with Gasteiger partial charge in [-0.05, 0) is 18.8 Å². The van der Waals surface area contributed by atoms with Crippen LogP contribution in [0.1, 0.15) is 44.5 Å². The van der Waals surface area contributed by atoms with Gasteiger partial charge in [0.25, 0.3) is 11.6 Å². The lowest BCUT2D eigenvalue weighted by Crippen LogP contribution is -2.34. The Bertz CT molecular complexity index is 529. The van der Waals surface area contributed by atoms with Crippen LogP contribution in [-0.4, -0.2) is 28.9 Å². The number of rotatable bonds is 7. The highest BCUT2D eigenvalue weighted by molar-refractivity contribution is 5.99. The number of nitrogens with zero attached hydrogens (tertiary/aromatic N) is 2. The molecular weight excluding hydrogens is 272 g/mol. The molecule has 1 heterocycles. The Labute approximate surface area is 124 Å². The minimum absolute atomic E-state index is 0.0256. The Morgan fingerprint density at radius 3 is 2.62 bits per heavy atom. The Kier molecular flexibility index (Phi) is 5.63. The molecule has 7 nitrogen and oxygen atoms in total. The van der Waals surface area contributed by atoms with Crippen molar-refractivity contribution in [3.8, 4) is 0 Å². The van der Waals surface area contributed by atoms with Gasteiger partial charge in [0, 0.05) is 19.2 Å². The van der Waals surface area contributed by atoms with Crippen LogP contribution in [0.4, 0.5) is 11.5 Å². The zero-order chi connectivity index (χ0) is 16.0. The van der Waals surface area contributed by atoms with E-state index in [0.29, 0.717) is 18.9 Å². The van der Waals surface area contributed by atoms with Crippen LogP contribution in [0.2, 0.25) is 0 Å².